The van der Waals surface area contributed by atoms with Crippen LogP contribution in [0.25, 0.3) is 0 Å². The standard InChI is InChI=1S/C13H18O4/c1-9(2)17-11-6-4-10(5-7-11)8-12(14)13(15)16-3/h4-7,9,12,14H,8H2,1-3H3. The number of methoxy groups -OCH3 is 1. The maximum absolute atomic E-state index is 11.0. The Bertz CT molecular complexity index is 356. The topological polar surface area (TPSA) is 55.8 Å². The van der Waals surface area contributed by atoms with E-state index in [0.29, 0.717) is 0 Å². The lowest BCUT2D eigenvalue weighted by Gasteiger charge is -2.11. The first-order chi connectivity index (χ1) is 8.02. The van der Waals surface area contributed by atoms with Gasteiger partial charge < -0.3 is 14.6 Å². The van der Waals surface area contributed by atoms with Gasteiger partial charge in [-0.2, -0.15) is 0 Å². The van der Waals surface area contributed by atoms with Crippen molar-refractivity contribution in [3.05, 3.63) is 29.8 Å². The second-order valence-corrected chi connectivity index (χ2v) is 4.05. The van der Waals surface area contributed by atoms with Gasteiger partial charge in [0.2, 0.25) is 0 Å². The van der Waals surface area contributed by atoms with E-state index >= 15 is 0 Å². The summed E-state index contributed by atoms with van der Waals surface area (Å²) in [5, 5.41) is 9.48. The summed E-state index contributed by atoms with van der Waals surface area (Å²) in [7, 11) is 1.26. The lowest BCUT2D eigenvalue weighted by molar-refractivity contribution is -0.150. The van der Waals surface area contributed by atoms with Crippen LogP contribution < -0.4 is 4.74 Å². The van der Waals surface area contributed by atoms with Gasteiger partial charge >= 0.3 is 5.97 Å². The number of carbonyl (C=O) groups is 1. The van der Waals surface area contributed by atoms with E-state index in [0.717, 1.165) is 11.3 Å². The fourth-order valence-corrected chi connectivity index (χ4v) is 1.42. The maximum atomic E-state index is 11.0. The summed E-state index contributed by atoms with van der Waals surface area (Å²) in [5.41, 5.74) is 0.860. The zero-order valence-corrected chi connectivity index (χ0v) is 10.3. The van der Waals surface area contributed by atoms with Crippen molar-refractivity contribution >= 4 is 5.97 Å². The molecule has 0 amide bonds. The molecule has 1 unspecified atom stereocenters. The fraction of sp³-hybridized carbons (Fsp3) is 0.462. The molecule has 0 radical (unpaired) electrons. The Kier molecular flexibility index (Phi) is 4.97. The van der Waals surface area contributed by atoms with E-state index in [1.54, 1.807) is 0 Å². The highest BCUT2D eigenvalue weighted by Gasteiger charge is 2.15. The first-order valence-corrected chi connectivity index (χ1v) is 5.54. The van der Waals surface area contributed by atoms with Crippen LogP contribution in [0.4, 0.5) is 0 Å². The summed E-state index contributed by atoms with van der Waals surface area (Å²) in [6.07, 6.45) is -0.743. The van der Waals surface area contributed by atoms with Gasteiger partial charge in [-0.1, -0.05) is 12.1 Å². The van der Waals surface area contributed by atoms with Crippen LogP contribution in [0.15, 0.2) is 24.3 Å². The zero-order valence-electron chi connectivity index (χ0n) is 10.3. The number of hydrogen-bond acceptors (Lipinski definition) is 4. The number of rotatable bonds is 5. The zero-order chi connectivity index (χ0) is 12.8. The average Bonchev–Trinajstić information content (AvgIpc) is 2.30. The van der Waals surface area contributed by atoms with E-state index in [1.807, 2.05) is 38.1 Å². The Morgan fingerprint density at radius 2 is 1.88 bits per heavy atom. The highest BCUT2D eigenvalue weighted by molar-refractivity contribution is 5.74. The van der Waals surface area contributed by atoms with Crippen LogP contribution in [0.2, 0.25) is 0 Å². The maximum Gasteiger partial charge on any atom is 0.335 e. The van der Waals surface area contributed by atoms with E-state index in [9.17, 15) is 9.90 Å². The van der Waals surface area contributed by atoms with Gasteiger partial charge in [-0.25, -0.2) is 4.79 Å². The largest absolute Gasteiger partial charge is 0.491 e. The smallest absolute Gasteiger partial charge is 0.335 e. The number of benzene rings is 1. The summed E-state index contributed by atoms with van der Waals surface area (Å²) in [6.45, 7) is 3.91. The minimum Gasteiger partial charge on any atom is -0.491 e. The highest BCUT2D eigenvalue weighted by Crippen LogP contribution is 2.15. The molecule has 0 aromatic heterocycles. The Labute approximate surface area is 101 Å². The number of aliphatic hydroxyl groups is 1. The molecule has 0 aliphatic rings. The van der Waals surface area contributed by atoms with E-state index in [4.69, 9.17) is 4.74 Å². The number of esters is 1. The third-order valence-electron chi connectivity index (χ3n) is 2.20. The number of carbonyl (C=O) groups excluding carboxylic acids is 1. The molecule has 0 saturated carbocycles. The number of hydrogen-bond donors (Lipinski definition) is 1. The van der Waals surface area contributed by atoms with Crippen molar-refractivity contribution in [2.45, 2.75) is 32.5 Å². The monoisotopic (exact) mass is 238 g/mol. The Balaban J connectivity index is 2.59. The van der Waals surface area contributed by atoms with Crippen molar-refractivity contribution in [3.8, 4) is 5.75 Å². The molecule has 94 valence electrons. The molecule has 0 aliphatic heterocycles. The molecule has 0 spiro atoms. The number of ether oxygens (including phenoxy) is 2. The van der Waals surface area contributed by atoms with Crippen molar-refractivity contribution in [3.63, 3.8) is 0 Å². The third kappa shape index (κ3) is 4.44. The van der Waals surface area contributed by atoms with E-state index in [2.05, 4.69) is 4.74 Å². The van der Waals surface area contributed by atoms with Crippen LogP contribution >= 0.6 is 0 Å². The fourth-order valence-electron chi connectivity index (χ4n) is 1.42. The molecular formula is C13H18O4. The molecule has 1 aromatic carbocycles. The lowest BCUT2D eigenvalue weighted by Crippen LogP contribution is -2.24. The van der Waals surface area contributed by atoms with Crippen molar-refractivity contribution in [2.75, 3.05) is 7.11 Å². The molecule has 1 atom stereocenters. The van der Waals surface area contributed by atoms with Crippen molar-refractivity contribution in [2.24, 2.45) is 0 Å². The molecular weight excluding hydrogens is 220 g/mol. The Morgan fingerprint density at radius 1 is 1.29 bits per heavy atom. The van der Waals surface area contributed by atoms with Gasteiger partial charge in [-0.05, 0) is 31.5 Å². The highest BCUT2D eigenvalue weighted by atomic mass is 16.5. The van der Waals surface area contributed by atoms with Crippen LogP contribution in [0, 0.1) is 0 Å². The summed E-state index contributed by atoms with van der Waals surface area (Å²) < 4.78 is 9.94. The second-order valence-electron chi connectivity index (χ2n) is 4.05. The normalized spacial score (nSPS) is 12.3. The van der Waals surface area contributed by atoms with Gasteiger partial charge in [0.1, 0.15) is 5.75 Å². The predicted molar refractivity (Wildman–Crippen MR) is 63.9 cm³/mol. The van der Waals surface area contributed by atoms with E-state index in [1.165, 1.54) is 7.11 Å². The molecule has 1 rings (SSSR count). The number of aliphatic hydroxyl groups excluding tert-OH is 1. The van der Waals surface area contributed by atoms with E-state index < -0.39 is 12.1 Å². The van der Waals surface area contributed by atoms with Crippen molar-refractivity contribution < 1.29 is 19.4 Å². The lowest BCUT2D eigenvalue weighted by atomic mass is 10.1. The molecule has 4 nitrogen and oxygen atoms in total. The quantitative estimate of drug-likeness (QED) is 0.791. The average molecular weight is 238 g/mol. The van der Waals surface area contributed by atoms with Gasteiger partial charge in [-0.3, -0.25) is 0 Å². The Morgan fingerprint density at radius 3 is 2.35 bits per heavy atom. The van der Waals surface area contributed by atoms with Crippen LogP contribution in [0.5, 0.6) is 5.75 Å². The summed E-state index contributed by atoms with van der Waals surface area (Å²) in [6, 6.07) is 7.28. The van der Waals surface area contributed by atoms with Crippen molar-refractivity contribution in [1.29, 1.82) is 0 Å². The molecule has 0 heterocycles. The molecule has 0 fully saturated rings. The molecule has 4 heteroatoms. The van der Waals surface area contributed by atoms with E-state index in [-0.39, 0.29) is 12.5 Å². The molecule has 1 aromatic rings. The molecule has 17 heavy (non-hydrogen) atoms. The predicted octanol–water partition coefficient (Wildman–Crippen LogP) is 1.55. The molecule has 0 bridgehead atoms. The van der Waals surface area contributed by atoms with Gasteiger partial charge in [0.15, 0.2) is 6.10 Å². The van der Waals surface area contributed by atoms with Gasteiger partial charge in [0.05, 0.1) is 13.2 Å². The Hall–Kier alpha value is -1.55. The molecule has 1 N–H and O–H groups in total. The second kappa shape index (κ2) is 6.25. The third-order valence-corrected chi connectivity index (χ3v) is 2.20. The van der Waals surface area contributed by atoms with Crippen LogP contribution in [0.3, 0.4) is 0 Å². The summed E-state index contributed by atoms with van der Waals surface area (Å²) >= 11 is 0. The van der Waals surface area contributed by atoms with Crippen LogP contribution in [-0.2, 0) is 16.0 Å². The molecule has 0 aliphatic carbocycles. The first kappa shape index (κ1) is 13.5. The van der Waals surface area contributed by atoms with Crippen LogP contribution in [-0.4, -0.2) is 30.4 Å². The minimum absolute atomic E-state index is 0.126. The summed E-state index contributed by atoms with van der Waals surface area (Å²) in [5.74, 6) is 0.156. The minimum atomic E-state index is -1.11. The van der Waals surface area contributed by atoms with Gasteiger partial charge in [0.25, 0.3) is 0 Å². The summed E-state index contributed by atoms with van der Waals surface area (Å²) in [4.78, 5) is 11.0. The molecule has 0 saturated heterocycles. The first-order valence-electron chi connectivity index (χ1n) is 5.54. The van der Waals surface area contributed by atoms with Gasteiger partial charge in [-0.15, -0.1) is 0 Å². The van der Waals surface area contributed by atoms with Crippen molar-refractivity contribution in [1.82, 2.24) is 0 Å². The van der Waals surface area contributed by atoms with Crippen LogP contribution in [0.1, 0.15) is 19.4 Å². The van der Waals surface area contributed by atoms with Gasteiger partial charge in [0, 0.05) is 6.42 Å². The SMILES string of the molecule is COC(=O)C(O)Cc1ccc(OC(C)C)cc1.